The SMILES string of the molecule is CCCN(C)/C=N/c1cc(C)c(Oc2cc(F)cc(I)c2)cc1C. The van der Waals surface area contributed by atoms with Crippen molar-refractivity contribution >= 4 is 34.6 Å². The number of aryl methyl sites for hydroxylation is 2. The largest absolute Gasteiger partial charge is 0.457 e. The van der Waals surface area contributed by atoms with Crippen LogP contribution in [-0.4, -0.2) is 24.8 Å². The molecule has 24 heavy (non-hydrogen) atoms. The molecule has 0 heterocycles. The molecule has 2 aromatic carbocycles. The molecular formula is C19H22FIN2O. The maximum absolute atomic E-state index is 13.5. The number of aliphatic imine (C=N–C) groups is 1. The third-order valence-electron chi connectivity index (χ3n) is 3.53. The van der Waals surface area contributed by atoms with E-state index in [1.54, 1.807) is 0 Å². The Balaban J connectivity index is 2.23. The van der Waals surface area contributed by atoms with Crippen molar-refractivity contribution in [3.63, 3.8) is 0 Å². The Hall–Kier alpha value is -1.63. The smallest absolute Gasteiger partial charge is 0.131 e. The fourth-order valence-corrected chi connectivity index (χ4v) is 2.91. The molecule has 128 valence electrons. The normalized spacial score (nSPS) is 11.1. The van der Waals surface area contributed by atoms with Gasteiger partial charge in [-0.1, -0.05) is 6.92 Å². The number of halogens is 2. The van der Waals surface area contributed by atoms with E-state index in [9.17, 15) is 4.39 Å². The van der Waals surface area contributed by atoms with E-state index in [0.29, 0.717) is 5.75 Å². The van der Waals surface area contributed by atoms with Gasteiger partial charge in [0.1, 0.15) is 17.3 Å². The Labute approximate surface area is 156 Å². The number of rotatable bonds is 6. The van der Waals surface area contributed by atoms with Crippen LogP contribution in [-0.2, 0) is 0 Å². The molecule has 2 rings (SSSR count). The Morgan fingerprint density at radius 3 is 2.58 bits per heavy atom. The van der Waals surface area contributed by atoms with Gasteiger partial charge in [0.15, 0.2) is 0 Å². The topological polar surface area (TPSA) is 24.8 Å². The highest BCUT2D eigenvalue weighted by Crippen LogP contribution is 2.32. The Morgan fingerprint density at radius 1 is 1.17 bits per heavy atom. The molecule has 0 fully saturated rings. The first-order chi connectivity index (χ1) is 11.4. The summed E-state index contributed by atoms with van der Waals surface area (Å²) in [5, 5.41) is 0. The van der Waals surface area contributed by atoms with Gasteiger partial charge in [0.25, 0.3) is 0 Å². The van der Waals surface area contributed by atoms with Crippen molar-refractivity contribution in [2.24, 2.45) is 4.99 Å². The van der Waals surface area contributed by atoms with Crippen molar-refractivity contribution < 1.29 is 9.13 Å². The van der Waals surface area contributed by atoms with Gasteiger partial charge in [-0.05, 0) is 78.3 Å². The average molecular weight is 440 g/mol. The zero-order valence-corrected chi connectivity index (χ0v) is 16.6. The molecule has 0 atom stereocenters. The summed E-state index contributed by atoms with van der Waals surface area (Å²) >= 11 is 2.07. The summed E-state index contributed by atoms with van der Waals surface area (Å²) in [5.74, 6) is 0.919. The van der Waals surface area contributed by atoms with Crippen LogP contribution in [0.15, 0.2) is 35.3 Å². The highest BCUT2D eigenvalue weighted by molar-refractivity contribution is 14.1. The molecule has 0 aliphatic heterocycles. The predicted octanol–water partition coefficient (Wildman–Crippen LogP) is 5.84. The molecular weight excluding hydrogens is 418 g/mol. The summed E-state index contributed by atoms with van der Waals surface area (Å²) in [4.78, 5) is 6.61. The summed E-state index contributed by atoms with van der Waals surface area (Å²) in [5.41, 5.74) is 2.89. The third kappa shape index (κ3) is 5.19. The van der Waals surface area contributed by atoms with E-state index in [-0.39, 0.29) is 5.82 Å². The number of hydrogen-bond donors (Lipinski definition) is 0. The molecule has 0 radical (unpaired) electrons. The van der Waals surface area contributed by atoms with E-state index >= 15 is 0 Å². The second-order valence-corrected chi connectivity index (χ2v) is 7.08. The fraction of sp³-hybridized carbons (Fsp3) is 0.316. The van der Waals surface area contributed by atoms with E-state index in [2.05, 4.69) is 39.4 Å². The van der Waals surface area contributed by atoms with Crippen molar-refractivity contribution in [1.82, 2.24) is 4.90 Å². The van der Waals surface area contributed by atoms with Crippen molar-refractivity contribution in [3.8, 4) is 11.5 Å². The van der Waals surface area contributed by atoms with Crippen LogP contribution in [0.2, 0.25) is 0 Å². The molecule has 0 aliphatic rings. The molecule has 0 unspecified atom stereocenters. The molecule has 0 N–H and O–H groups in total. The number of hydrogen-bond acceptors (Lipinski definition) is 2. The number of benzene rings is 2. The minimum atomic E-state index is -0.300. The molecule has 0 saturated carbocycles. The van der Waals surface area contributed by atoms with Gasteiger partial charge in [-0.15, -0.1) is 0 Å². The van der Waals surface area contributed by atoms with Crippen LogP contribution >= 0.6 is 22.6 Å². The first-order valence-corrected chi connectivity index (χ1v) is 8.96. The minimum Gasteiger partial charge on any atom is -0.457 e. The van der Waals surface area contributed by atoms with Crippen LogP contribution in [0.25, 0.3) is 0 Å². The maximum atomic E-state index is 13.5. The lowest BCUT2D eigenvalue weighted by molar-refractivity contribution is 0.472. The predicted molar refractivity (Wildman–Crippen MR) is 106 cm³/mol. The molecule has 0 amide bonds. The lowest BCUT2D eigenvalue weighted by atomic mass is 10.1. The first kappa shape index (κ1) is 18.7. The summed E-state index contributed by atoms with van der Waals surface area (Å²) in [6, 6.07) is 8.61. The number of nitrogens with zero attached hydrogens (tertiary/aromatic N) is 2. The maximum Gasteiger partial charge on any atom is 0.131 e. The monoisotopic (exact) mass is 440 g/mol. The van der Waals surface area contributed by atoms with Crippen LogP contribution in [0.5, 0.6) is 11.5 Å². The molecule has 0 aliphatic carbocycles. The van der Waals surface area contributed by atoms with Crippen LogP contribution in [0.3, 0.4) is 0 Å². The summed E-state index contributed by atoms with van der Waals surface area (Å²) in [6.45, 7) is 7.07. The lowest BCUT2D eigenvalue weighted by Crippen LogP contribution is -2.16. The van der Waals surface area contributed by atoms with Crippen molar-refractivity contribution in [2.75, 3.05) is 13.6 Å². The van der Waals surface area contributed by atoms with Crippen LogP contribution in [0.4, 0.5) is 10.1 Å². The highest BCUT2D eigenvalue weighted by Gasteiger charge is 2.08. The van der Waals surface area contributed by atoms with E-state index in [1.165, 1.54) is 12.1 Å². The third-order valence-corrected chi connectivity index (χ3v) is 4.15. The van der Waals surface area contributed by atoms with Crippen molar-refractivity contribution in [2.45, 2.75) is 27.2 Å². The Kier molecular flexibility index (Phi) is 6.60. The second-order valence-electron chi connectivity index (χ2n) is 5.84. The average Bonchev–Trinajstić information content (AvgIpc) is 2.48. The van der Waals surface area contributed by atoms with Crippen LogP contribution in [0.1, 0.15) is 24.5 Å². The van der Waals surface area contributed by atoms with Crippen LogP contribution < -0.4 is 4.74 Å². The van der Waals surface area contributed by atoms with Gasteiger partial charge in [-0.2, -0.15) is 0 Å². The zero-order valence-electron chi connectivity index (χ0n) is 14.4. The molecule has 0 bridgehead atoms. The van der Waals surface area contributed by atoms with Gasteiger partial charge in [0.05, 0.1) is 12.0 Å². The Morgan fingerprint density at radius 2 is 1.92 bits per heavy atom. The van der Waals surface area contributed by atoms with Gasteiger partial charge in [0, 0.05) is 23.2 Å². The second kappa shape index (κ2) is 8.46. The zero-order chi connectivity index (χ0) is 17.7. The molecule has 0 aromatic heterocycles. The molecule has 5 heteroatoms. The number of ether oxygens (including phenoxy) is 1. The molecule has 0 spiro atoms. The van der Waals surface area contributed by atoms with Gasteiger partial charge < -0.3 is 9.64 Å². The van der Waals surface area contributed by atoms with Crippen molar-refractivity contribution in [1.29, 1.82) is 0 Å². The Bertz CT molecular complexity index is 726. The molecule has 0 saturated heterocycles. The standard InChI is InChI=1S/C19H22FIN2O/c1-5-6-23(4)12-22-18-7-14(3)19(8-13(18)2)24-17-10-15(20)9-16(21)11-17/h7-12H,5-6H2,1-4H3/b22-12+. The van der Waals surface area contributed by atoms with E-state index in [1.807, 2.05) is 45.4 Å². The molecule has 2 aromatic rings. The van der Waals surface area contributed by atoms with Crippen molar-refractivity contribution in [3.05, 3.63) is 50.8 Å². The van der Waals surface area contributed by atoms with Gasteiger partial charge >= 0.3 is 0 Å². The van der Waals surface area contributed by atoms with Gasteiger partial charge in [-0.3, -0.25) is 0 Å². The highest BCUT2D eigenvalue weighted by atomic mass is 127. The summed E-state index contributed by atoms with van der Waals surface area (Å²) in [7, 11) is 2.01. The summed E-state index contributed by atoms with van der Waals surface area (Å²) < 4.78 is 20.2. The van der Waals surface area contributed by atoms with E-state index in [0.717, 1.165) is 39.1 Å². The van der Waals surface area contributed by atoms with Gasteiger partial charge in [0.2, 0.25) is 0 Å². The lowest BCUT2D eigenvalue weighted by Gasteiger charge is -2.13. The quantitative estimate of drug-likeness (QED) is 0.320. The molecule has 3 nitrogen and oxygen atoms in total. The van der Waals surface area contributed by atoms with Crippen LogP contribution in [0, 0.1) is 23.2 Å². The fourth-order valence-electron chi connectivity index (χ4n) is 2.31. The first-order valence-electron chi connectivity index (χ1n) is 7.88. The minimum absolute atomic E-state index is 0.300. The van der Waals surface area contributed by atoms with E-state index < -0.39 is 0 Å². The summed E-state index contributed by atoms with van der Waals surface area (Å²) in [6.07, 6.45) is 2.93. The van der Waals surface area contributed by atoms with Gasteiger partial charge in [-0.25, -0.2) is 9.38 Å². The van der Waals surface area contributed by atoms with E-state index in [4.69, 9.17) is 4.74 Å².